The van der Waals surface area contributed by atoms with Crippen molar-refractivity contribution in [3.63, 3.8) is 0 Å². The van der Waals surface area contributed by atoms with Gasteiger partial charge in [0.05, 0.1) is 16.7 Å². The SMILES string of the molecule is Cc1nc2ccccc2nc1-c1cn2c(Cl)cc(Cl)nc2n1. The van der Waals surface area contributed by atoms with Gasteiger partial charge in [0.25, 0.3) is 0 Å². The molecule has 0 aliphatic rings. The zero-order valence-electron chi connectivity index (χ0n) is 11.5. The van der Waals surface area contributed by atoms with Gasteiger partial charge in [-0.1, -0.05) is 35.3 Å². The molecule has 0 saturated heterocycles. The van der Waals surface area contributed by atoms with E-state index in [1.807, 2.05) is 31.2 Å². The Labute approximate surface area is 135 Å². The number of imidazole rings is 1. The van der Waals surface area contributed by atoms with E-state index in [9.17, 15) is 0 Å². The van der Waals surface area contributed by atoms with Gasteiger partial charge < -0.3 is 0 Å². The van der Waals surface area contributed by atoms with Crippen LogP contribution in [0.15, 0.2) is 36.5 Å². The summed E-state index contributed by atoms with van der Waals surface area (Å²) in [7, 11) is 0. The van der Waals surface area contributed by atoms with Crippen molar-refractivity contribution in [2.75, 3.05) is 0 Å². The van der Waals surface area contributed by atoms with Crippen LogP contribution in [-0.2, 0) is 0 Å². The molecule has 22 heavy (non-hydrogen) atoms. The molecule has 0 saturated carbocycles. The van der Waals surface area contributed by atoms with Gasteiger partial charge in [0, 0.05) is 12.3 Å². The Kier molecular flexibility index (Phi) is 2.99. The van der Waals surface area contributed by atoms with Crippen molar-refractivity contribution in [3.8, 4) is 11.4 Å². The standard InChI is InChI=1S/C15H9Cl2N5/c1-8-14(19-10-5-3-2-4-9(10)18-8)11-7-22-13(17)6-12(16)21-15(22)20-11/h2-7H,1H3. The van der Waals surface area contributed by atoms with E-state index in [1.165, 1.54) is 0 Å². The number of halogens is 2. The minimum atomic E-state index is 0.302. The number of aryl methyl sites for hydroxylation is 1. The number of rotatable bonds is 1. The first-order chi connectivity index (χ1) is 10.6. The van der Waals surface area contributed by atoms with Crippen molar-refractivity contribution >= 4 is 40.0 Å². The Balaban J connectivity index is 1.98. The highest BCUT2D eigenvalue weighted by molar-refractivity contribution is 6.33. The quantitative estimate of drug-likeness (QED) is 0.496. The molecule has 3 aromatic heterocycles. The van der Waals surface area contributed by atoms with Gasteiger partial charge in [-0.15, -0.1) is 0 Å². The number of aromatic nitrogens is 5. The maximum absolute atomic E-state index is 6.16. The van der Waals surface area contributed by atoms with Crippen LogP contribution in [0.25, 0.3) is 28.2 Å². The van der Waals surface area contributed by atoms with E-state index in [-0.39, 0.29) is 0 Å². The molecule has 0 unspecified atom stereocenters. The van der Waals surface area contributed by atoms with Crippen LogP contribution in [0, 0.1) is 6.92 Å². The fraction of sp³-hybridized carbons (Fsp3) is 0.0667. The topological polar surface area (TPSA) is 56.0 Å². The van der Waals surface area contributed by atoms with Gasteiger partial charge in [0.15, 0.2) is 0 Å². The Hall–Kier alpha value is -2.24. The Morgan fingerprint density at radius 2 is 1.68 bits per heavy atom. The second-order valence-corrected chi connectivity index (χ2v) is 5.62. The monoisotopic (exact) mass is 329 g/mol. The molecule has 0 N–H and O–H groups in total. The van der Waals surface area contributed by atoms with Gasteiger partial charge in [-0.2, -0.15) is 0 Å². The molecule has 4 rings (SSSR count). The third-order valence-electron chi connectivity index (χ3n) is 3.35. The van der Waals surface area contributed by atoms with Crippen LogP contribution in [0.4, 0.5) is 0 Å². The molecule has 5 nitrogen and oxygen atoms in total. The highest BCUT2D eigenvalue weighted by Gasteiger charge is 2.13. The molecule has 0 aliphatic carbocycles. The summed E-state index contributed by atoms with van der Waals surface area (Å²) in [6.07, 6.45) is 1.78. The van der Waals surface area contributed by atoms with Gasteiger partial charge in [-0.05, 0) is 19.1 Å². The van der Waals surface area contributed by atoms with Crippen LogP contribution in [0.3, 0.4) is 0 Å². The van der Waals surface area contributed by atoms with Crippen LogP contribution in [0.2, 0.25) is 10.3 Å². The molecule has 0 aliphatic heterocycles. The molecule has 0 amide bonds. The summed E-state index contributed by atoms with van der Waals surface area (Å²) in [5.41, 5.74) is 3.83. The van der Waals surface area contributed by atoms with Crippen molar-refractivity contribution in [2.24, 2.45) is 0 Å². The largest absolute Gasteiger partial charge is 0.273 e. The van der Waals surface area contributed by atoms with E-state index in [2.05, 4.69) is 19.9 Å². The lowest BCUT2D eigenvalue weighted by Crippen LogP contribution is -1.94. The van der Waals surface area contributed by atoms with Crippen molar-refractivity contribution in [2.45, 2.75) is 6.92 Å². The molecule has 3 heterocycles. The van der Waals surface area contributed by atoms with Crippen molar-refractivity contribution < 1.29 is 0 Å². The van der Waals surface area contributed by atoms with Gasteiger partial charge in [-0.3, -0.25) is 4.40 Å². The average molecular weight is 330 g/mol. The summed E-state index contributed by atoms with van der Waals surface area (Å²) in [6.45, 7) is 1.90. The van der Waals surface area contributed by atoms with E-state index in [1.54, 1.807) is 16.7 Å². The second-order valence-electron chi connectivity index (χ2n) is 4.84. The summed E-state index contributed by atoms with van der Waals surface area (Å²) in [5.74, 6) is 0.432. The first-order valence-corrected chi connectivity index (χ1v) is 7.32. The molecule has 0 radical (unpaired) electrons. The first-order valence-electron chi connectivity index (χ1n) is 6.57. The number of hydrogen-bond donors (Lipinski definition) is 0. The lowest BCUT2D eigenvalue weighted by Gasteiger charge is -2.03. The zero-order chi connectivity index (χ0) is 15.3. The molecule has 1 aromatic carbocycles. The minimum Gasteiger partial charge on any atom is -0.273 e. The molecular formula is C15H9Cl2N5. The highest BCUT2D eigenvalue weighted by atomic mass is 35.5. The average Bonchev–Trinajstić information content (AvgIpc) is 2.90. The van der Waals surface area contributed by atoms with E-state index in [4.69, 9.17) is 23.2 Å². The smallest absolute Gasteiger partial charge is 0.237 e. The normalized spacial score (nSPS) is 11.4. The highest BCUT2D eigenvalue weighted by Crippen LogP contribution is 2.24. The van der Waals surface area contributed by atoms with Gasteiger partial charge in [-0.25, -0.2) is 19.9 Å². The zero-order valence-corrected chi connectivity index (χ0v) is 13.0. The second kappa shape index (κ2) is 4.90. The summed E-state index contributed by atoms with van der Waals surface area (Å²) in [6, 6.07) is 9.29. The molecule has 0 bridgehead atoms. The summed E-state index contributed by atoms with van der Waals surface area (Å²) >= 11 is 12.1. The molecule has 4 aromatic rings. The fourth-order valence-electron chi connectivity index (χ4n) is 2.35. The fourth-order valence-corrected chi connectivity index (χ4v) is 2.81. The summed E-state index contributed by atoms with van der Waals surface area (Å²) in [4.78, 5) is 17.8. The number of hydrogen-bond acceptors (Lipinski definition) is 4. The Morgan fingerprint density at radius 1 is 0.955 bits per heavy atom. The predicted octanol–water partition coefficient (Wildman–Crippen LogP) is 3.95. The van der Waals surface area contributed by atoms with Crippen molar-refractivity contribution in [1.29, 1.82) is 0 Å². The number of para-hydroxylation sites is 2. The third-order valence-corrected chi connectivity index (χ3v) is 3.83. The molecule has 7 heteroatoms. The summed E-state index contributed by atoms with van der Waals surface area (Å²) < 4.78 is 1.67. The van der Waals surface area contributed by atoms with E-state index in [0.717, 1.165) is 16.7 Å². The number of nitrogens with zero attached hydrogens (tertiary/aromatic N) is 5. The van der Waals surface area contributed by atoms with Gasteiger partial charge in [0.1, 0.15) is 21.7 Å². The van der Waals surface area contributed by atoms with Crippen molar-refractivity contribution in [3.05, 3.63) is 52.5 Å². The van der Waals surface area contributed by atoms with Crippen LogP contribution in [-0.4, -0.2) is 24.3 Å². The van der Waals surface area contributed by atoms with Crippen LogP contribution >= 0.6 is 23.2 Å². The molecule has 0 fully saturated rings. The molecule has 0 spiro atoms. The Bertz CT molecular complexity index is 1030. The first kappa shape index (κ1) is 13.4. The molecule has 108 valence electrons. The maximum atomic E-state index is 6.16. The van der Waals surface area contributed by atoms with E-state index >= 15 is 0 Å². The van der Waals surface area contributed by atoms with Gasteiger partial charge >= 0.3 is 0 Å². The van der Waals surface area contributed by atoms with Crippen molar-refractivity contribution in [1.82, 2.24) is 24.3 Å². The lowest BCUT2D eigenvalue weighted by atomic mass is 10.2. The maximum Gasteiger partial charge on any atom is 0.237 e. The van der Waals surface area contributed by atoms with Crippen LogP contribution in [0.5, 0.6) is 0 Å². The van der Waals surface area contributed by atoms with E-state index < -0.39 is 0 Å². The third kappa shape index (κ3) is 2.10. The molecular weight excluding hydrogens is 321 g/mol. The molecule has 0 atom stereocenters. The number of fused-ring (bicyclic) bond motifs is 2. The predicted molar refractivity (Wildman–Crippen MR) is 86.3 cm³/mol. The Morgan fingerprint density at radius 3 is 2.45 bits per heavy atom. The van der Waals surface area contributed by atoms with Gasteiger partial charge in [0.2, 0.25) is 5.78 Å². The van der Waals surface area contributed by atoms with E-state index in [0.29, 0.717) is 27.5 Å². The summed E-state index contributed by atoms with van der Waals surface area (Å²) in [5, 5.41) is 0.746. The minimum absolute atomic E-state index is 0.302. The lowest BCUT2D eigenvalue weighted by molar-refractivity contribution is 1.11. The van der Waals surface area contributed by atoms with Crippen LogP contribution in [0.1, 0.15) is 5.69 Å². The number of benzene rings is 1. The van der Waals surface area contributed by atoms with Crippen LogP contribution < -0.4 is 0 Å².